The van der Waals surface area contributed by atoms with E-state index < -0.39 is 5.97 Å². The molecule has 2 unspecified atom stereocenters. The quantitative estimate of drug-likeness (QED) is 0.321. The second-order valence-electron chi connectivity index (χ2n) is 8.17. The standard InChI is InChI=1S/C24H36O4/c1-2-3-4-5-6-7-8-12-15-21-20(18-23(25)26)16-17-22(21)28-24(27)19-13-10-9-11-14-19/h9-11,13-14,20-22H,2-8,12,15-18H2,1H3,(H,25,26)/t20?,21-,22?/m1/s1. The van der Waals surface area contributed by atoms with Gasteiger partial charge in [-0.3, -0.25) is 4.79 Å². The van der Waals surface area contributed by atoms with Crippen LogP contribution in [0.2, 0.25) is 0 Å². The largest absolute Gasteiger partial charge is 0.481 e. The molecule has 1 aromatic carbocycles. The predicted molar refractivity (Wildman–Crippen MR) is 111 cm³/mol. The molecule has 1 aliphatic rings. The second kappa shape index (κ2) is 12.6. The van der Waals surface area contributed by atoms with Gasteiger partial charge in [-0.2, -0.15) is 0 Å². The number of carboxylic acids is 1. The fourth-order valence-corrected chi connectivity index (χ4v) is 4.45. The number of carbonyl (C=O) groups is 2. The average molecular weight is 389 g/mol. The van der Waals surface area contributed by atoms with Gasteiger partial charge in [-0.1, -0.05) is 76.5 Å². The van der Waals surface area contributed by atoms with Crippen molar-refractivity contribution in [2.75, 3.05) is 0 Å². The Labute approximate surface area is 169 Å². The molecule has 1 fully saturated rings. The number of aliphatic carboxylic acids is 1. The smallest absolute Gasteiger partial charge is 0.338 e. The van der Waals surface area contributed by atoms with Crippen LogP contribution < -0.4 is 0 Å². The number of hydrogen-bond donors (Lipinski definition) is 1. The van der Waals surface area contributed by atoms with E-state index in [1.165, 1.54) is 44.9 Å². The van der Waals surface area contributed by atoms with Crippen molar-refractivity contribution in [3.8, 4) is 0 Å². The van der Waals surface area contributed by atoms with Crippen molar-refractivity contribution in [1.82, 2.24) is 0 Å². The molecule has 1 aromatic rings. The molecule has 0 heterocycles. The minimum Gasteiger partial charge on any atom is -0.481 e. The van der Waals surface area contributed by atoms with Crippen LogP contribution in [0.1, 0.15) is 94.3 Å². The van der Waals surface area contributed by atoms with E-state index in [1.807, 2.05) is 18.2 Å². The van der Waals surface area contributed by atoms with Crippen molar-refractivity contribution in [3.63, 3.8) is 0 Å². The van der Waals surface area contributed by atoms with Crippen LogP contribution in [-0.4, -0.2) is 23.1 Å². The normalized spacial score (nSPS) is 21.5. The van der Waals surface area contributed by atoms with Crippen LogP contribution >= 0.6 is 0 Å². The van der Waals surface area contributed by atoms with Crippen LogP contribution in [0.15, 0.2) is 30.3 Å². The third-order valence-electron chi connectivity index (χ3n) is 6.00. The van der Waals surface area contributed by atoms with Crippen molar-refractivity contribution in [1.29, 1.82) is 0 Å². The first kappa shape index (κ1) is 22.4. The maximum Gasteiger partial charge on any atom is 0.338 e. The summed E-state index contributed by atoms with van der Waals surface area (Å²) in [6.45, 7) is 2.23. The van der Waals surface area contributed by atoms with E-state index in [4.69, 9.17) is 4.74 Å². The van der Waals surface area contributed by atoms with Crippen LogP contribution in [0.3, 0.4) is 0 Å². The number of carbonyl (C=O) groups excluding carboxylic acids is 1. The maximum absolute atomic E-state index is 12.4. The zero-order valence-corrected chi connectivity index (χ0v) is 17.3. The molecular formula is C24H36O4. The number of carboxylic acid groups (broad SMARTS) is 1. The topological polar surface area (TPSA) is 63.6 Å². The predicted octanol–water partition coefficient (Wildman–Crippen LogP) is 6.24. The molecule has 0 bridgehead atoms. The fourth-order valence-electron chi connectivity index (χ4n) is 4.45. The van der Waals surface area contributed by atoms with Crippen molar-refractivity contribution in [2.45, 2.75) is 90.1 Å². The molecule has 4 nitrogen and oxygen atoms in total. The van der Waals surface area contributed by atoms with E-state index >= 15 is 0 Å². The Balaban J connectivity index is 1.82. The lowest BCUT2D eigenvalue weighted by atomic mass is 9.87. The van der Waals surface area contributed by atoms with Gasteiger partial charge in [0.15, 0.2) is 0 Å². The van der Waals surface area contributed by atoms with E-state index in [9.17, 15) is 14.7 Å². The average Bonchev–Trinajstić information content (AvgIpc) is 3.05. The summed E-state index contributed by atoms with van der Waals surface area (Å²) in [5.74, 6) is -0.747. The van der Waals surface area contributed by atoms with E-state index in [1.54, 1.807) is 12.1 Å². The minimum absolute atomic E-state index is 0.121. The highest BCUT2D eigenvalue weighted by Gasteiger charge is 2.39. The number of ether oxygens (including phenoxy) is 1. The van der Waals surface area contributed by atoms with Crippen molar-refractivity contribution < 1.29 is 19.4 Å². The molecule has 0 spiro atoms. The summed E-state index contributed by atoms with van der Waals surface area (Å²) >= 11 is 0. The number of rotatable bonds is 13. The van der Waals surface area contributed by atoms with Gasteiger partial charge in [0, 0.05) is 6.42 Å². The Morgan fingerprint density at radius 2 is 1.61 bits per heavy atom. The molecule has 1 N–H and O–H groups in total. The van der Waals surface area contributed by atoms with Gasteiger partial charge < -0.3 is 9.84 Å². The third-order valence-corrected chi connectivity index (χ3v) is 6.00. The van der Waals surface area contributed by atoms with E-state index in [0.717, 1.165) is 25.7 Å². The van der Waals surface area contributed by atoms with E-state index in [2.05, 4.69) is 6.92 Å². The second-order valence-corrected chi connectivity index (χ2v) is 8.17. The molecule has 4 heteroatoms. The summed E-state index contributed by atoms with van der Waals surface area (Å²) in [6.07, 6.45) is 12.7. The highest BCUT2D eigenvalue weighted by Crippen LogP contribution is 2.40. The van der Waals surface area contributed by atoms with Crippen LogP contribution in [0.4, 0.5) is 0 Å². The molecule has 156 valence electrons. The molecule has 2 rings (SSSR count). The highest BCUT2D eigenvalue weighted by molar-refractivity contribution is 5.89. The molecular weight excluding hydrogens is 352 g/mol. The number of unbranched alkanes of at least 4 members (excludes halogenated alkanes) is 7. The van der Waals surface area contributed by atoms with Crippen LogP contribution in [0.25, 0.3) is 0 Å². The van der Waals surface area contributed by atoms with Gasteiger partial charge in [0.05, 0.1) is 5.56 Å². The molecule has 28 heavy (non-hydrogen) atoms. The lowest BCUT2D eigenvalue weighted by molar-refractivity contribution is -0.138. The first-order chi connectivity index (χ1) is 13.6. The molecule has 0 amide bonds. The molecule has 0 radical (unpaired) electrons. The van der Waals surface area contributed by atoms with Crippen LogP contribution in [-0.2, 0) is 9.53 Å². The van der Waals surface area contributed by atoms with E-state index in [-0.39, 0.29) is 30.3 Å². The lowest BCUT2D eigenvalue weighted by Gasteiger charge is -2.24. The Morgan fingerprint density at radius 3 is 2.25 bits per heavy atom. The first-order valence-corrected chi connectivity index (χ1v) is 11.1. The van der Waals surface area contributed by atoms with Gasteiger partial charge in [0.1, 0.15) is 6.10 Å². The molecule has 0 saturated heterocycles. The Kier molecular flexibility index (Phi) is 10.1. The van der Waals surface area contributed by atoms with Crippen LogP contribution in [0.5, 0.6) is 0 Å². The van der Waals surface area contributed by atoms with Gasteiger partial charge >= 0.3 is 11.9 Å². The summed E-state index contributed by atoms with van der Waals surface area (Å²) in [4.78, 5) is 23.7. The molecule has 3 atom stereocenters. The molecule has 1 aliphatic carbocycles. The summed E-state index contributed by atoms with van der Waals surface area (Å²) in [6, 6.07) is 9.06. The summed E-state index contributed by atoms with van der Waals surface area (Å²) < 4.78 is 5.81. The maximum atomic E-state index is 12.4. The third kappa shape index (κ3) is 7.65. The van der Waals surface area contributed by atoms with Gasteiger partial charge in [-0.25, -0.2) is 4.79 Å². The van der Waals surface area contributed by atoms with Gasteiger partial charge in [0.25, 0.3) is 0 Å². The highest BCUT2D eigenvalue weighted by atomic mass is 16.5. The Morgan fingerprint density at radius 1 is 0.964 bits per heavy atom. The number of benzene rings is 1. The fraction of sp³-hybridized carbons (Fsp3) is 0.667. The Bertz CT molecular complexity index is 584. The van der Waals surface area contributed by atoms with E-state index in [0.29, 0.717) is 5.56 Å². The number of esters is 1. The van der Waals surface area contributed by atoms with Crippen molar-refractivity contribution >= 4 is 11.9 Å². The van der Waals surface area contributed by atoms with Gasteiger partial charge in [-0.05, 0) is 43.2 Å². The summed E-state index contributed by atoms with van der Waals surface area (Å²) in [5, 5.41) is 9.24. The van der Waals surface area contributed by atoms with Gasteiger partial charge in [-0.15, -0.1) is 0 Å². The summed E-state index contributed by atoms with van der Waals surface area (Å²) in [7, 11) is 0. The SMILES string of the molecule is CCCCCCCCCC[C@@H]1C(CC(=O)O)CCC1OC(=O)c1ccccc1. The van der Waals surface area contributed by atoms with Crippen LogP contribution in [0, 0.1) is 11.8 Å². The van der Waals surface area contributed by atoms with Crippen molar-refractivity contribution in [3.05, 3.63) is 35.9 Å². The monoisotopic (exact) mass is 388 g/mol. The van der Waals surface area contributed by atoms with Crippen molar-refractivity contribution in [2.24, 2.45) is 11.8 Å². The Hall–Kier alpha value is -1.84. The zero-order valence-electron chi connectivity index (χ0n) is 17.3. The number of hydrogen-bond acceptors (Lipinski definition) is 3. The van der Waals surface area contributed by atoms with Gasteiger partial charge in [0.2, 0.25) is 0 Å². The zero-order chi connectivity index (χ0) is 20.2. The molecule has 0 aliphatic heterocycles. The molecule has 0 aromatic heterocycles. The summed E-state index contributed by atoms with van der Waals surface area (Å²) in [5.41, 5.74) is 0.565. The lowest BCUT2D eigenvalue weighted by Crippen LogP contribution is -2.26. The molecule has 1 saturated carbocycles. The first-order valence-electron chi connectivity index (χ1n) is 11.1. The minimum atomic E-state index is -0.749.